The maximum Gasteiger partial charge on any atom is 0.416 e. The molecule has 0 spiro atoms. The van der Waals surface area contributed by atoms with Crippen LogP contribution in [0.15, 0.2) is 34.7 Å². The van der Waals surface area contributed by atoms with Gasteiger partial charge in [0.1, 0.15) is 17.1 Å². The summed E-state index contributed by atoms with van der Waals surface area (Å²) in [5, 5.41) is 0. The summed E-state index contributed by atoms with van der Waals surface area (Å²) < 4.78 is 48.3. The molecule has 0 radical (unpaired) electrons. The number of hydrogen-bond donors (Lipinski definition) is 0. The van der Waals surface area contributed by atoms with Gasteiger partial charge in [-0.2, -0.15) is 13.2 Å². The molecule has 0 aliphatic heterocycles. The van der Waals surface area contributed by atoms with E-state index in [9.17, 15) is 22.8 Å². The number of esters is 1. The van der Waals surface area contributed by atoms with Crippen molar-refractivity contribution in [2.75, 3.05) is 14.2 Å². The van der Waals surface area contributed by atoms with Crippen molar-refractivity contribution in [2.24, 2.45) is 0 Å². The number of likely N-dealkylation sites (N-methyl/N-ethyl adjacent to an activating group) is 1. The first-order chi connectivity index (χ1) is 12.1. The largest absolute Gasteiger partial charge is 0.465 e. The number of hydrogen-bond acceptors (Lipinski definition) is 4. The van der Waals surface area contributed by atoms with Gasteiger partial charge in [-0.25, -0.2) is 4.79 Å². The minimum Gasteiger partial charge on any atom is -0.465 e. The molecule has 8 heteroatoms. The van der Waals surface area contributed by atoms with Gasteiger partial charge in [-0.15, -0.1) is 0 Å². The molecular weight excluding hydrogens is 351 g/mol. The smallest absolute Gasteiger partial charge is 0.416 e. The topological polar surface area (TPSA) is 59.8 Å². The Hall–Kier alpha value is -2.77. The molecule has 2 aromatic rings. The number of rotatable bonds is 5. The van der Waals surface area contributed by atoms with E-state index in [0.29, 0.717) is 11.5 Å². The Labute approximate surface area is 148 Å². The van der Waals surface area contributed by atoms with Crippen molar-refractivity contribution in [3.05, 3.63) is 58.5 Å². The number of halogens is 3. The van der Waals surface area contributed by atoms with Crippen molar-refractivity contribution in [3.8, 4) is 0 Å². The summed E-state index contributed by atoms with van der Waals surface area (Å²) in [7, 11) is 2.75. The highest BCUT2D eigenvalue weighted by Gasteiger charge is 2.30. The van der Waals surface area contributed by atoms with Crippen molar-refractivity contribution in [2.45, 2.75) is 26.1 Å². The Kier molecular flexibility index (Phi) is 5.74. The van der Waals surface area contributed by atoms with Crippen LogP contribution in [0.2, 0.25) is 0 Å². The summed E-state index contributed by atoms with van der Waals surface area (Å²) in [5.74, 6) is -0.179. The number of amides is 1. The molecule has 0 saturated heterocycles. The van der Waals surface area contributed by atoms with Crippen molar-refractivity contribution in [1.29, 1.82) is 0 Å². The second-order valence-corrected chi connectivity index (χ2v) is 5.80. The molecule has 1 aromatic heterocycles. The van der Waals surface area contributed by atoms with E-state index in [1.54, 1.807) is 6.92 Å². The number of ether oxygens (including phenoxy) is 1. The highest BCUT2D eigenvalue weighted by molar-refractivity contribution is 5.90. The van der Waals surface area contributed by atoms with Gasteiger partial charge in [-0.3, -0.25) is 4.79 Å². The lowest BCUT2D eigenvalue weighted by atomic mass is 10.1. The van der Waals surface area contributed by atoms with Gasteiger partial charge in [0, 0.05) is 7.05 Å². The monoisotopic (exact) mass is 369 g/mol. The molecule has 0 aliphatic rings. The first-order valence-electron chi connectivity index (χ1n) is 7.69. The van der Waals surface area contributed by atoms with Gasteiger partial charge in [0.2, 0.25) is 5.91 Å². The van der Waals surface area contributed by atoms with Crippen LogP contribution in [0.1, 0.15) is 33.0 Å². The minimum absolute atomic E-state index is 0.0790. The maximum atomic E-state index is 12.7. The van der Waals surface area contributed by atoms with Crippen molar-refractivity contribution in [1.82, 2.24) is 4.90 Å². The van der Waals surface area contributed by atoms with Gasteiger partial charge < -0.3 is 14.1 Å². The van der Waals surface area contributed by atoms with E-state index in [2.05, 4.69) is 4.74 Å². The van der Waals surface area contributed by atoms with Crippen LogP contribution >= 0.6 is 0 Å². The van der Waals surface area contributed by atoms with Crippen LogP contribution in [-0.2, 0) is 28.7 Å². The highest BCUT2D eigenvalue weighted by Crippen LogP contribution is 2.29. The predicted octanol–water partition coefficient (Wildman–Crippen LogP) is 3.59. The van der Waals surface area contributed by atoms with Crippen molar-refractivity contribution < 1.29 is 31.9 Å². The molecule has 5 nitrogen and oxygen atoms in total. The molecule has 0 N–H and O–H groups in total. The Balaban J connectivity index is 2.05. The zero-order valence-electron chi connectivity index (χ0n) is 14.5. The number of carbonyl (C=O) groups is 2. The molecule has 0 aliphatic carbocycles. The van der Waals surface area contributed by atoms with Crippen LogP contribution in [-0.4, -0.2) is 30.9 Å². The molecule has 0 bridgehead atoms. The molecule has 2 rings (SSSR count). The van der Waals surface area contributed by atoms with E-state index in [-0.39, 0.29) is 30.0 Å². The predicted molar refractivity (Wildman–Crippen MR) is 86.4 cm³/mol. The van der Waals surface area contributed by atoms with E-state index in [1.165, 1.54) is 37.3 Å². The van der Waals surface area contributed by atoms with Crippen LogP contribution in [0, 0.1) is 6.92 Å². The first kappa shape index (κ1) is 19.6. The first-order valence-corrected chi connectivity index (χ1v) is 7.69. The number of benzene rings is 1. The van der Waals surface area contributed by atoms with Crippen LogP contribution in [0.25, 0.3) is 0 Å². The van der Waals surface area contributed by atoms with Gasteiger partial charge in [-0.1, -0.05) is 18.2 Å². The maximum absolute atomic E-state index is 12.7. The fraction of sp³-hybridized carbons (Fsp3) is 0.333. The molecule has 0 atom stereocenters. The molecule has 140 valence electrons. The third-order valence-corrected chi connectivity index (χ3v) is 3.80. The summed E-state index contributed by atoms with van der Waals surface area (Å²) in [6.45, 7) is 1.68. The zero-order chi connectivity index (χ0) is 19.5. The summed E-state index contributed by atoms with van der Waals surface area (Å²) >= 11 is 0. The summed E-state index contributed by atoms with van der Waals surface area (Å²) in [6.07, 6.45) is -4.63. The Morgan fingerprint density at radius 1 is 1.23 bits per heavy atom. The second kappa shape index (κ2) is 7.63. The van der Waals surface area contributed by atoms with Gasteiger partial charge in [0.05, 0.1) is 25.6 Å². The average Bonchev–Trinajstić information content (AvgIpc) is 2.93. The minimum atomic E-state index is -4.46. The van der Waals surface area contributed by atoms with Crippen LogP contribution in [0.3, 0.4) is 0 Å². The standard InChI is InChI=1S/C18H18F3NO4/c1-11-15(17(24)25-3)9-14(26-11)10-22(2)16(23)8-12-5-4-6-13(7-12)18(19,20)21/h4-7,9H,8,10H2,1-3H3. The van der Waals surface area contributed by atoms with Gasteiger partial charge in [-0.05, 0) is 24.6 Å². The lowest BCUT2D eigenvalue weighted by Gasteiger charge is -2.16. The van der Waals surface area contributed by atoms with Crippen LogP contribution in [0.5, 0.6) is 0 Å². The zero-order valence-corrected chi connectivity index (χ0v) is 14.5. The highest BCUT2D eigenvalue weighted by atomic mass is 19.4. The number of alkyl halides is 3. The molecular formula is C18H18F3NO4. The fourth-order valence-electron chi connectivity index (χ4n) is 2.42. The van der Waals surface area contributed by atoms with Crippen LogP contribution in [0.4, 0.5) is 13.2 Å². The Bertz CT molecular complexity index is 811. The normalized spacial score (nSPS) is 11.3. The number of nitrogens with zero attached hydrogens (tertiary/aromatic N) is 1. The summed E-state index contributed by atoms with van der Waals surface area (Å²) in [5.41, 5.74) is -0.265. The van der Waals surface area contributed by atoms with E-state index in [4.69, 9.17) is 4.42 Å². The molecule has 26 heavy (non-hydrogen) atoms. The summed E-state index contributed by atoms with van der Waals surface area (Å²) in [4.78, 5) is 25.2. The molecule has 0 fully saturated rings. The number of methoxy groups -OCH3 is 1. The van der Waals surface area contributed by atoms with E-state index in [1.807, 2.05) is 0 Å². The lowest BCUT2D eigenvalue weighted by Crippen LogP contribution is -2.27. The number of aryl methyl sites for hydroxylation is 1. The molecule has 1 amide bonds. The quantitative estimate of drug-likeness (QED) is 0.756. The van der Waals surface area contributed by atoms with Gasteiger partial charge in [0.25, 0.3) is 0 Å². The van der Waals surface area contributed by atoms with E-state index in [0.717, 1.165) is 12.1 Å². The number of furan rings is 1. The van der Waals surface area contributed by atoms with E-state index >= 15 is 0 Å². The van der Waals surface area contributed by atoms with Gasteiger partial charge in [0.15, 0.2) is 0 Å². The molecule has 0 saturated carbocycles. The Morgan fingerprint density at radius 2 is 1.92 bits per heavy atom. The molecule has 1 aromatic carbocycles. The third-order valence-electron chi connectivity index (χ3n) is 3.80. The lowest BCUT2D eigenvalue weighted by molar-refractivity contribution is -0.138. The SMILES string of the molecule is COC(=O)c1cc(CN(C)C(=O)Cc2cccc(C(F)(F)F)c2)oc1C. The van der Waals surface area contributed by atoms with Crippen molar-refractivity contribution in [3.63, 3.8) is 0 Å². The molecule has 0 unspecified atom stereocenters. The number of carbonyl (C=O) groups excluding carboxylic acids is 2. The van der Waals surface area contributed by atoms with Crippen LogP contribution < -0.4 is 0 Å². The Morgan fingerprint density at radius 3 is 2.54 bits per heavy atom. The fourth-order valence-corrected chi connectivity index (χ4v) is 2.42. The van der Waals surface area contributed by atoms with E-state index < -0.39 is 17.7 Å². The second-order valence-electron chi connectivity index (χ2n) is 5.80. The van der Waals surface area contributed by atoms with Crippen molar-refractivity contribution >= 4 is 11.9 Å². The third kappa shape index (κ3) is 4.65. The summed E-state index contributed by atoms with van der Waals surface area (Å²) in [6, 6.07) is 6.13. The molecule has 1 heterocycles. The van der Waals surface area contributed by atoms with Gasteiger partial charge >= 0.3 is 12.1 Å². The average molecular weight is 369 g/mol.